The molecule has 7 heteroatoms. The first kappa shape index (κ1) is 23.1. The predicted molar refractivity (Wildman–Crippen MR) is 130 cm³/mol. The maximum atomic E-state index is 13.3. The van der Waals surface area contributed by atoms with E-state index in [9.17, 15) is 9.59 Å². The van der Waals surface area contributed by atoms with Crippen LogP contribution >= 0.6 is 11.6 Å². The van der Waals surface area contributed by atoms with Crippen molar-refractivity contribution in [2.45, 2.75) is 32.6 Å². The van der Waals surface area contributed by atoms with Gasteiger partial charge in [-0.05, 0) is 43.5 Å². The smallest absolute Gasteiger partial charge is 0.227 e. The summed E-state index contributed by atoms with van der Waals surface area (Å²) in [5.41, 5.74) is 3.45. The summed E-state index contributed by atoms with van der Waals surface area (Å²) >= 11 is 6.08. The van der Waals surface area contributed by atoms with Crippen molar-refractivity contribution in [3.8, 4) is 16.9 Å². The van der Waals surface area contributed by atoms with Gasteiger partial charge < -0.3 is 10.2 Å². The van der Waals surface area contributed by atoms with Gasteiger partial charge in [0.1, 0.15) is 0 Å². The third kappa shape index (κ3) is 5.63. The molecule has 0 aliphatic carbocycles. The Balaban J connectivity index is 1.56. The molecule has 1 aliphatic rings. The molecule has 33 heavy (non-hydrogen) atoms. The number of aromatic nitrogens is 2. The average Bonchev–Trinajstić information content (AvgIpc) is 3.27. The van der Waals surface area contributed by atoms with Crippen molar-refractivity contribution in [1.82, 2.24) is 20.0 Å². The summed E-state index contributed by atoms with van der Waals surface area (Å²) in [7, 11) is 0. The minimum atomic E-state index is -0.142. The molecule has 1 aliphatic heterocycles. The topological polar surface area (TPSA) is 67.2 Å². The number of hydrogen-bond acceptors (Lipinski definition) is 3. The number of carbonyl (C=O) groups excluding carboxylic acids is 2. The highest BCUT2D eigenvalue weighted by Gasteiger charge is 2.29. The Hall–Kier alpha value is -3.12. The van der Waals surface area contributed by atoms with Gasteiger partial charge in [-0.25, -0.2) is 4.68 Å². The molecule has 2 aromatic carbocycles. The van der Waals surface area contributed by atoms with E-state index in [0.717, 1.165) is 41.8 Å². The van der Waals surface area contributed by atoms with E-state index in [1.165, 1.54) is 0 Å². The number of halogens is 1. The van der Waals surface area contributed by atoms with Crippen molar-refractivity contribution in [1.29, 1.82) is 0 Å². The normalized spacial score (nSPS) is 15.9. The van der Waals surface area contributed by atoms with Crippen molar-refractivity contribution in [2.75, 3.05) is 19.6 Å². The molecule has 2 heterocycles. The van der Waals surface area contributed by atoms with Gasteiger partial charge in [-0.1, -0.05) is 48.9 Å². The summed E-state index contributed by atoms with van der Waals surface area (Å²) in [6.07, 6.45) is 4.71. The number of carbonyl (C=O) groups is 2. The van der Waals surface area contributed by atoms with Gasteiger partial charge in [0.15, 0.2) is 0 Å². The van der Waals surface area contributed by atoms with Gasteiger partial charge >= 0.3 is 0 Å². The molecule has 1 unspecified atom stereocenters. The lowest BCUT2D eigenvalue weighted by atomic mass is 9.96. The Bertz CT molecular complexity index is 1100. The summed E-state index contributed by atoms with van der Waals surface area (Å²) in [5, 5.41) is 8.41. The molecule has 1 saturated heterocycles. The summed E-state index contributed by atoms with van der Waals surface area (Å²) in [6, 6.07) is 17.3. The first-order valence-corrected chi connectivity index (χ1v) is 11.9. The molecule has 172 valence electrons. The highest BCUT2D eigenvalue weighted by molar-refractivity contribution is 6.30. The van der Waals surface area contributed by atoms with Crippen LogP contribution in [-0.4, -0.2) is 46.1 Å². The van der Waals surface area contributed by atoms with Crippen molar-refractivity contribution in [3.05, 3.63) is 71.4 Å². The first-order chi connectivity index (χ1) is 16.0. The number of para-hydroxylation sites is 1. The molecule has 0 bridgehead atoms. The standard InChI is InChI=1S/C26H29ClN4O2/c1-2-14-28-26(33)20-7-6-15-30(17-20)24(32)16-21-18-31(23-8-4-3-5-9-23)29-25(21)19-10-12-22(27)13-11-19/h3-5,8-13,18,20H,2,6-7,14-17H2,1H3,(H,28,33). The van der Waals surface area contributed by atoms with Crippen LogP contribution in [0, 0.1) is 5.92 Å². The lowest BCUT2D eigenvalue weighted by Gasteiger charge is -2.32. The molecule has 6 nitrogen and oxygen atoms in total. The van der Waals surface area contributed by atoms with Gasteiger partial charge in [-0.2, -0.15) is 5.10 Å². The second-order valence-corrected chi connectivity index (χ2v) is 8.87. The van der Waals surface area contributed by atoms with Crippen LogP contribution in [0.1, 0.15) is 31.7 Å². The molecule has 1 N–H and O–H groups in total. The van der Waals surface area contributed by atoms with Crippen LogP contribution in [0.2, 0.25) is 5.02 Å². The van der Waals surface area contributed by atoms with Gasteiger partial charge in [0, 0.05) is 42.0 Å². The molecule has 0 spiro atoms. The number of nitrogens with one attached hydrogen (secondary N) is 1. The van der Waals surface area contributed by atoms with Gasteiger partial charge in [-0.15, -0.1) is 0 Å². The molecule has 1 aromatic heterocycles. The fourth-order valence-electron chi connectivity index (χ4n) is 4.19. The zero-order valence-electron chi connectivity index (χ0n) is 18.8. The number of amides is 2. The zero-order chi connectivity index (χ0) is 23.2. The van der Waals surface area contributed by atoms with Crippen LogP contribution < -0.4 is 5.32 Å². The highest BCUT2D eigenvalue weighted by atomic mass is 35.5. The number of hydrogen-bond donors (Lipinski definition) is 1. The second-order valence-electron chi connectivity index (χ2n) is 8.44. The number of nitrogens with zero attached hydrogens (tertiary/aromatic N) is 3. The Morgan fingerprint density at radius 2 is 1.88 bits per heavy atom. The summed E-state index contributed by atoms with van der Waals surface area (Å²) in [6.45, 7) is 3.86. The minimum Gasteiger partial charge on any atom is -0.356 e. The van der Waals surface area contributed by atoms with Crippen LogP contribution in [0.3, 0.4) is 0 Å². The third-order valence-corrected chi connectivity index (χ3v) is 6.22. The molecule has 0 saturated carbocycles. The quantitative estimate of drug-likeness (QED) is 0.559. The lowest BCUT2D eigenvalue weighted by Crippen LogP contribution is -2.46. The van der Waals surface area contributed by atoms with Crippen LogP contribution in [0.4, 0.5) is 0 Å². The molecule has 1 fully saturated rings. The number of benzene rings is 2. The Morgan fingerprint density at radius 1 is 1.12 bits per heavy atom. The Labute approximate surface area is 199 Å². The average molecular weight is 465 g/mol. The fourth-order valence-corrected chi connectivity index (χ4v) is 4.31. The molecule has 1 atom stereocenters. The zero-order valence-corrected chi connectivity index (χ0v) is 19.6. The number of rotatable bonds is 7. The van der Waals surface area contributed by atoms with E-state index >= 15 is 0 Å². The first-order valence-electron chi connectivity index (χ1n) is 11.5. The largest absolute Gasteiger partial charge is 0.356 e. The monoisotopic (exact) mass is 464 g/mol. The Morgan fingerprint density at radius 3 is 2.61 bits per heavy atom. The van der Waals surface area contributed by atoms with Gasteiger partial charge in [0.05, 0.1) is 23.7 Å². The van der Waals surface area contributed by atoms with E-state index in [-0.39, 0.29) is 24.2 Å². The maximum Gasteiger partial charge on any atom is 0.227 e. The summed E-state index contributed by atoms with van der Waals surface area (Å²) < 4.78 is 1.81. The van der Waals surface area contributed by atoms with Crippen molar-refractivity contribution in [2.24, 2.45) is 5.92 Å². The van der Waals surface area contributed by atoms with Gasteiger partial charge in [0.25, 0.3) is 0 Å². The van der Waals surface area contributed by atoms with E-state index in [1.807, 2.05) is 77.3 Å². The van der Waals surface area contributed by atoms with E-state index in [0.29, 0.717) is 24.7 Å². The molecule has 3 aromatic rings. The molecular formula is C26H29ClN4O2. The molecular weight excluding hydrogens is 436 g/mol. The molecule has 2 amide bonds. The van der Waals surface area contributed by atoms with Crippen LogP contribution in [0.5, 0.6) is 0 Å². The van der Waals surface area contributed by atoms with E-state index < -0.39 is 0 Å². The maximum absolute atomic E-state index is 13.3. The van der Waals surface area contributed by atoms with Crippen molar-refractivity contribution in [3.63, 3.8) is 0 Å². The van der Waals surface area contributed by atoms with Crippen LogP contribution in [0.15, 0.2) is 60.8 Å². The van der Waals surface area contributed by atoms with E-state index in [2.05, 4.69) is 5.32 Å². The number of piperidine rings is 1. The fraction of sp³-hybridized carbons (Fsp3) is 0.346. The Kier molecular flexibility index (Phi) is 7.45. The lowest BCUT2D eigenvalue weighted by molar-refractivity contribution is -0.135. The number of likely N-dealkylation sites (tertiary alicyclic amines) is 1. The van der Waals surface area contributed by atoms with Crippen molar-refractivity contribution < 1.29 is 9.59 Å². The van der Waals surface area contributed by atoms with Gasteiger partial charge in [-0.3, -0.25) is 9.59 Å². The van der Waals surface area contributed by atoms with Gasteiger partial charge in [0.2, 0.25) is 11.8 Å². The second kappa shape index (κ2) is 10.7. The SMILES string of the molecule is CCCNC(=O)C1CCCN(C(=O)Cc2cn(-c3ccccc3)nc2-c2ccc(Cl)cc2)C1. The van der Waals surface area contributed by atoms with Crippen molar-refractivity contribution >= 4 is 23.4 Å². The third-order valence-electron chi connectivity index (χ3n) is 5.96. The molecule has 0 radical (unpaired) electrons. The van der Waals surface area contributed by atoms with E-state index in [4.69, 9.17) is 16.7 Å². The molecule has 4 rings (SSSR count). The van der Waals surface area contributed by atoms with E-state index in [1.54, 1.807) is 0 Å². The minimum absolute atomic E-state index is 0.0193. The van der Waals surface area contributed by atoms with Crippen LogP contribution in [0.25, 0.3) is 16.9 Å². The summed E-state index contributed by atoms with van der Waals surface area (Å²) in [5.74, 6) is -0.0732. The highest BCUT2D eigenvalue weighted by Crippen LogP contribution is 2.27. The van der Waals surface area contributed by atoms with Crippen LogP contribution in [-0.2, 0) is 16.0 Å². The predicted octanol–water partition coefficient (Wildman–Crippen LogP) is 4.50. The summed E-state index contributed by atoms with van der Waals surface area (Å²) in [4.78, 5) is 27.5.